The van der Waals surface area contributed by atoms with E-state index in [2.05, 4.69) is 20.0 Å². The molecular formula is C12H15N3O3. The van der Waals surface area contributed by atoms with Crippen LogP contribution >= 0.6 is 0 Å². The number of methoxy groups -OCH3 is 1. The Balaban J connectivity index is 2.25. The number of carbonyl (C=O) groups excluding carboxylic acids is 1. The number of hydrogen-bond acceptors (Lipinski definition) is 4. The largest absolute Gasteiger partial charge is 0.491 e. The predicted octanol–water partition coefficient (Wildman–Crippen LogP) is 2.53. The zero-order valence-electron chi connectivity index (χ0n) is 10.5. The molecule has 0 spiro atoms. The van der Waals surface area contributed by atoms with Crippen LogP contribution in [0.1, 0.15) is 13.8 Å². The van der Waals surface area contributed by atoms with Crippen molar-refractivity contribution in [1.82, 2.24) is 9.97 Å². The number of hydrogen-bond donors (Lipinski definition) is 2. The molecule has 1 aromatic heterocycles. The number of benzene rings is 1. The maximum Gasteiger partial charge on any atom is 0.413 e. The van der Waals surface area contributed by atoms with E-state index >= 15 is 0 Å². The second kappa shape index (κ2) is 4.95. The lowest BCUT2D eigenvalue weighted by Crippen LogP contribution is -2.11. The van der Waals surface area contributed by atoms with Crippen molar-refractivity contribution < 1.29 is 14.3 Å². The summed E-state index contributed by atoms with van der Waals surface area (Å²) in [7, 11) is 1.30. The van der Waals surface area contributed by atoms with Crippen LogP contribution in [0.15, 0.2) is 18.2 Å². The quantitative estimate of drug-likeness (QED) is 0.876. The van der Waals surface area contributed by atoms with Crippen molar-refractivity contribution in [3.05, 3.63) is 18.2 Å². The normalized spacial score (nSPS) is 10.7. The monoisotopic (exact) mass is 249 g/mol. The van der Waals surface area contributed by atoms with Crippen LogP contribution < -0.4 is 10.1 Å². The fourth-order valence-corrected chi connectivity index (χ4v) is 1.54. The highest BCUT2D eigenvalue weighted by Gasteiger charge is 2.07. The third-order valence-corrected chi connectivity index (χ3v) is 2.23. The van der Waals surface area contributed by atoms with Gasteiger partial charge in [-0.3, -0.25) is 5.32 Å². The third-order valence-electron chi connectivity index (χ3n) is 2.23. The minimum Gasteiger partial charge on any atom is -0.491 e. The molecule has 6 nitrogen and oxygen atoms in total. The van der Waals surface area contributed by atoms with Crippen molar-refractivity contribution in [1.29, 1.82) is 0 Å². The summed E-state index contributed by atoms with van der Waals surface area (Å²) in [6, 6.07) is 5.50. The summed E-state index contributed by atoms with van der Waals surface area (Å²) in [6.45, 7) is 3.92. The Labute approximate surface area is 104 Å². The molecule has 0 saturated heterocycles. The van der Waals surface area contributed by atoms with E-state index in [4.69, 9.17) is 4.74 Å². The van der Waals surface area contributed by atoms with Gasteiger partial charge in [-0.05, 0) is 26.0 Å². The van der Waals surface area contributed by atoms with Gasteiger partial charge in [-0.25, -0.2) is 9.78 Å². The topological polar surface area (TPSA) is 76.2 Å². The zero-order chi connectivity index (χ0) is 13.1. The first-order chi connectivity index (χ1) is 8.58. The number of aromatic nitrogens is 2. The van der Waals surface area contributed by atoms with Gasteiger partial charge in [-0.15, -0.1) is 0 Å². The van der Waals surface area contributed by atoms with Crippen molar-refractivity contribution in [3.8, 4) is 5.75 Å². The van der Waals surface area contributed by atoms with Gasteiger partial charge in [0.2, 0.25) is 5.95 Å². The second-order valence-corrected chi connectivity index (χ2v) is 4.05. The highest BCUT2D eigenvalue weighted by molar-refractivity contribution is 5.86. The average molecular weight is 249 g/mol. The van der Waals surface area contributed by atoms with E-state index in [9.17, 15) is 4.79 Å². The van der Waals surface area contributed by atoms with E-state index in [1.54, 1.807) is 0 Å². The molecule has 0 atom stereocenters. The lowest BCUT2D eigenvalue weighted by atomic mass is 10.3. The number of imidazole rings is 1. The number of H-pyrrole nitrogens is 1. The second-order valence-electron chi connectivity index (χ2n) is 4.05. The van der Waals surface area contributed by atoms with Crippen molar-refractivity contribution in [2.75, 3.05) is 12.4 Å². The molecule has 0 aliphatic rings. The van der Waals surface area contributed by atoms with Crippen LogP contribution in [0.4, 0.5) is 10.7 Å². The molecule has 0 radical (unpaired) electrons. The van der Waals surface area contributed by atoms with Gasteiger partial charge in [-0.2, -0.15) is 0 Å². The number of carbonyl (C=O) groups is 1. The number of anilines is 1. The lowest BCUT2D eigenvalue weighted by molar-refractivity contribution is 0.186. The van der Waals surface area contributed by atoms with Crippen LogP contribution in [0.5, 0.6) is 5.75 Å². The summed E-state index contributed by atoms with van der Waals surface area (Å²) in [4.78, 5) is 18.2. The molecule has 2 rings (SSSR count). The minimum absolute atomic E-state index is 0.109. The molecule has 1 aromatic carbocycles. The van der Waals surface area contributed by atoms with Gasteiger partial charge in [0.15, 0.2) is 0 Å². The van der Waals surface area contributed by atoms with E-state index in [0.717, 1.165) is 16.8 Å². The SMILES string of the molecule is COC(=O)Nc1nc2ccc(OC(C)C)cc2[nH]1. The number of ether oxygens (including phenoxy) is 2. The number of nitrogens with zero attached hydrogens (tertiary/aromatic N) is 1. The van der Waals surface area contributed by atoms with Crippen LogP contribution in [-0.4, -0.2) is 29.3 Å². The molecular weight excluding hydrogens is 234 g/mol. The lowest BCUT2D eigenvalue weighted by Gasteiger charge is -2.08. The molecule has 0 bridgehead atoms. The Morgan fingerprint density at radius 1 is 1.44 bits per heavy atom. The summed E-state index contributed by atoms with van der Waals surface area (Å²) in [5.41, 5.74) is 1.54. The Morgan fingerprint density at radius 2 is 2.22 bits per heavy atom. The molecule has 1 amide bonds. The predicted molar refractivity (Wildman–Crippen MR) is 67.9 cm³/mol. The van der Waals surface area contributed by atoms with Gasteiger partial charge in [-0.1, -0.05) is 0 Å². The molecule has 0 unspecified atom stereocenters. The Hall–Kier alpha value is -2.24. The van der Waals surface area contributed by atoms with Gasteiger partial charge in [0.25, 0.3) is 0 Å². The summed E-state index contributed by atoms with van der Waals surface area (Å²) >= 11 is 0. The average Bonchev–Trinajstić information content (AvgIpc) is 2.69. The maximum atomic E-state index is 11.1. The summed E-state index contributed by atoms with van der Waals surface area (Å²) < 4.78 is 10.1. The molecule has 0 saturated carbocycles. The van der Waals surface area contributed by atoms with Crippen LogP contribution in [0.3, 0.4) is 0 Å². The van der Waals surface area contributed by atoms with Crippen LogP contribution in [0.25, 0.3) is 11.0 Å². The molecule has 2 aromatic rings. The van der Waals surface area contributed by atoms with E-state index < -0.39 is 6.09 Å². The first-order valence-electron chi connectivity index (χ1n) is 5.60. The first-order valence-corrected chi connectivity index (χ1v) is 5.60. The molecule has 0 aliphatic carbocycles. The summed E-state index contributed by atoms with van der Waals surface area (Å²) in [5, 5.41) is 2.47. The molecule has 0 aliphatic heterocycles. The minimum atomic E-state index is -0.562. The standard InChI is InChI=1S/C12H15N3O3/c1-7(2)18-8-4-5-9-10(6-8)14-11(13-9)15-12(16)17-3/h4-7H,1-3H3,(H2,13,14,15,16). The Morgan fingerprint density at radius 3 is 2.89 bits per heavy atom. The number of aromatic amines is 1. The fourth-order valence-electron chi connectivity index (χ4n) is 1.54. The molecule has 2 N–H and O–H groups in total. The fraction of sp³-hybridized carbons (Fsp3) is 0.333. The van der Waals surface area contributed by atoms with Crippen LogP contribution in [0.2, 0.25) is 0 Å². The van der Waals surface area contributed by atoms with Crippen LogP contribution in [-0.2, 0) is 4.74 Å². The van der Waals surface area contributed by atoms with Gasteiger partial charge >= 0.3 is 6.09 Å². The van der Waals surface area contributed by atoms with E-state index in [1.807, 2.05) is 32.0 Å². The molecule has 6 heteroatoms. The van der Waals surface area contributed by atoms with Crippen molar-refractivity contribution >= 4 is 23.1 Å². The van der Waals surface area contributed by atoms with Crippen LogP contribution in [0, 0.1) is 0 Å². The summed E-state index contributed by atoms with van der Waals surface area (Å²) in [6.07, 6.45) is -0.453. The number of amides is 1. The Kier molecular flexibility index (Phi) is 3.36. The molecule has 0 fully saturated rings. The third kappa shape index (κ3) is 2.71. The van der Waals surface area contributed by atoms with Crippen molar-refractivity contribution in [3.63, 3.8) is 0 Å². The maximum absolute atomic E-state index is 11.1. The summed E-state index contributed by atoms with van der Waals surface area (Å²) in [5.74, 6) is 1.10. The smallest absolute Gasteiger partial charge is 0.413 e. The number of nitrogens with one attached hydrogen (secondary N) is 2. The van der Waals surface area contributed by atoms with E-state index in [-0.39, 0.29) is 6.10 Å². The van der Waals surface area contributed by atoms with Gasteiger partial charge < -0.3 is 14.5 Å². The van der Waals surface area contributed by atoms with Gasteiger partial charge in [0.1, 0.15) is 5.75 Å². The van der Waals surface area contributed by atoms with Crippen molar-refractivity contribution in [2.45, 2.75) is 20.0 Å². The van der Waals surface area contributed by atoms with Gasteiger partial charge in [0, 0.05) is 6.07 Å². The first kappa shape index (κ1) is 12.2. The van der Waals surface area contributed by atoms with E-state index in [0.29, 0.717) is 5.95 Å². The highest BCUT2D eigenvalue weighted by Crippen LogP contribution is 2.21. The number of rotatable bonds is 3. The molecule has 18 heavy (non-hydrogen) atoms. The highest BCUT2D eigenvalue weighted by atomic mass is 16.5. The number of fused-ring (bicyclic) bond motifs is 1. The molecule has 1 heterocycles. The van der Waals surface area contributed by atoms with Gasteiger partial charge in [0.05, 0.1) is 24.2 Å². The zero-order valence-corrected chi connectivity index (χ0v) is 10.5. The van der Waals surface area contributed by atoms with Crippen molar-refractivity contribution in [2.24, 2.45) is 0 Å². The van der Waals surface area contributed by atoms with E-state index in [1.165, 1.54) is 7.11 Å². The molecule has 96 valence electrons. The Bertz CT molecular complexity index is 563.